The van der Waals surface area contributed by atoms with E-state index in [9.17, 15) is 13.2 Å². The van der Waals surface area contributed by atoms with Gasteiger partial charge in [0.1, 0.15) is 6.54 Å². The number of para-hydroxylation sites is 1. The van der Waals surface area contributed by atoms with Gasteiger partial charge in [-0.1, -0.05) is 30.7 Å². The monoisotopic (exact) mass is 280 g/mol. The van der Waals surface area contributed by atoms with Gasteiger partial charge in [-0.25, -0.2) is 0 Å². The predicted molar refractivity (Wildman–Crippen MR) is 67.9 cm³/mol. The van der Waals surface area contributed by atoms with Crippen molar-refractivity contribution < 1.29 is 13.2 Å². The molecule has 1 aromatic carbocycles. The molecule has 0 heterocycles. The van der Waals surface area contributed by atoms with Crippen LogP contribution in [0, 0.1) is 0 Å². The second-order valence-corrected chi connectivity index (χ2v) is 4.40. The van der Waals surface area contributed by atoms with Crippen LogP contribution in [0.3, 0.4) is 0 Å². The van der Waals surface area contributed by atoms with Crippen molar-refractivity contribution in [3.63, 3.8) is 0 Å². The summed E-state index contributed by atoms with van der Waals surface area (Å²) in [6.45, 7) is 1.25. The third-order valence-electron chi connectivity index (χ3n) is 2.47. The molecule has 0 saturated heterocycles. The maximum absolute atomic E-state index is 12.6. The molecule has 1 aromatic rings. The van der Waals surface area contributed by atoms with Crippen LogP contribution in [-0.2, 0) is 6.54 Å². The minimum absolute atomic E-state index is 0.161. The minimum Gasteiger partial charge on any atom is -0.361 e. The standard InChI is InChI=1S/C12H16ClF3N2/c1-2-6-18(8-12(14,15)16)11-9(7-17)4-3-5-10(11)13/h3-5H,2,6-8,17H2,1H3. The number of halogens is 4. The van der Waals surface area contributed by atoms with Gasteiger partial charge in [-0.15, -0.1) is 0 Å². The van der Waals surface area contributed by atoms with Crippen LogP contribution in [0.1, 0.15) is 18.9 Å². The molecule has 0 aliphatic rings. The first-order chi connectivity index (χ1) is 8.39. The van der Waals surface area contributed by atoms with Crippen molar-refractivity contribution in [2.75, 3.05) is 18.0 Å². The Balaban J connectivity index is 3.12. The third kappa shape index (κ3) is 4.07. The average Bonchev–Trinajstić information content (AvgIpc) is 2.26. The average molecular weight is 281 g/mol. The highest BCUT2D eigenvalue weighted by molar-refractivity contribution is 6.33. The van der Waals surface area contributed by atoms with Crippen molar-refractivity contribution in [3.05, 3.63) is 28.8 Å². The van der Waals surface area contributed by atoms with Gasteiger partial charge in [0.2, 0.25) is 0 Å². The Kier molecular flexibility index (Phi) is 5.28. The highest BCUT2D eigenvalue weighted by Crippen LogP contribution is 2.32. The van der Waals surface area contributed by atoms with E-state index in [1.54, 1.807) is 18.2 Å². The van der Waals surface area contributed by atoms with Gasteiger partial charge in [0, 0.05) is 13.1 Å². The lowest BCUT2D eigenvalue weighted by molar-refractivity contribution is -0.119. The van der Waals surface area contributed by atoms with Crippen LogP contribution in [0.5, 0.6) is 0 Å². The lowest BCUT2D eigenvalue weighted by atomic mass is 10.1. The molecule has 6 heteroatoms. The van der Waals surface area contributed by atoms with Crippen LogP contribution in [0.15, 0.2) is 18.2 Å². The van der Waals surface area contributed by atoms with Crippen LogP contribution in [0.25, 0.3) is 0 Å². The molecule has 2 nitrogen and oxygen atoms in total. The summed E-state index contributed by atoms with van der Waals surface area (Å²) in [7, 11) is 0. The second kappa shape index (κ2) is 6.29. The van der Waals surface area contributed by atoms with E-state index in [4.69, 9.17) is 17.3 Å². The van der Waals surface area contributed by atoms with Crippen LogP contribution < -0.4 is 10.6 Å². The van der Waals surface area contributed by atoms with E-state index in [1.807, 2.05) is 6.92 Å². The molecule has 0 bridgehead atoms. The quantitative estimate of drug-likeness (QED) is 0.893. The fraction of sp³-hybridized carbons (Fsp3) is 0.500. The zero-order valence-electron chi connectivity index (χ0n) is 10.1. The van der Waals surface area contributed by atoms with E-state index in [0.29, 0.717) is 22.7 Å². The third-order valence-corrected chi connectivity index (χ3v) is 2.78. The first-order valence-corrected chi connectivity index (χ1v) is 6.06. The molecule has 102 valence electrons. The van der Waals surface area contributed by atoms with Gasteiger partial charge in [0.25, 0.3) is 0 Å². The van der Waals surface area contributed by atoms with Crippen molar-refractivity contribution >= 4 is 17.3 Å². The fourth-order valence-corrected chi connectivity index (χ4v) is 2.15. The Morgan fingerprint density at radius 1 is 1.33 bits per heavy atom. The normalized spacial score (nSPS) is 11.7. The summed E-state index contributed by atoms with van der Waals surface area (Å²) in [4.78, 5) is 1.24. The molecule has 0 aromatic heterocycles. The summed E-state index contributed by atoms with van der Waals surface area (Å²) in [6.07, 6.45) is -3.66. The number of hydrogen-bond acceptors (Lipinski definition) is 2. The molecule has 0 unspecified atom stereocenters. The van der Waals surface area contributed by atoms with E-state index in [1.165, 1.54) is 4.90 Å². The van der Waals surface area contributed by atoms with Gasteiger partial charge in [-0.3, -0.25) is 0 Å². The molecule has 0 saturated carbocycles. The van der Waals surface area contributed by atoms with Gasteiger partial charge < -0.3 is 10.6 Å². The van der Waals surface area contributed by atoms with Crippen molar-refractivity contribution in [2.24, 2.45) is 5.73 Å². The van der Waals surface area contributed by atoms with Gasteiger partial charge in [-0.05, 0) is 18.1 Å². The van der Waals surface area contributed by atoms with Gasteiger partial charge >= 0.3 is 6.18 Å². The first-order valence-electron chi connectivity index (χ1n) is 5.68. The number of benzene rings is 1. The van der Waals surface area contributed by atoms with Crippen LogP contribution in [-0.4, -0.2) is 19.3 Å². The maximum Gasteiger partial charge on any atom is 0.405 e. The highest BCUT2D eigenvalue weighted by Gasteiger charge is 2.31. The topological polar surface area (TPSA) is 29.3 Å². The molecule has 1 rings (SSSR count). The molecule has 0 fully saturated rings. The van der Waals surface area contributed by atoms with E-state index in [-0.39, 0.29) is 13.1 Å². The zero-order chi connectivity index (χ0) is 13.8. The van der Waals surface area contributed by atoms with Crippen molar-refractivity contribution in [2.45, 2.75) is 26.1 Å². The number of nitrogens with two attached hydrogens (primary N) is 1. The molecule has 18 heavy (non-hydrogen) atoms. The van der Waals surface area contributed by atoms with Crippen LogP contribution >= 0.6 is 11.6 Å². The van der Waals surface area contributed by atoms with E-state index in [2.05, 4.69) is 0 Å². The largest absolute Gasteiger partial charge is 0.405 e. The SMILES string of the molecule is CCCN(CC(F)(F)F)c1c(Cl)cccc1CN. The van der Waals surface area contributed by atoms with E-state index in [0.717, 1.165) is 0 Å². The number of hydrogen-bond donors (Lipinski definition) is 1. The van der Waals surface area contributed by atoms with Crippen molar-refractivity contribution in [1.29, 1.82) is 0 Å². The number of anilines is 1. The van der Waals surface area contributed by atoms with E-state index >= 15 is 0 Å². The van der Waals surface area contributed by atoms with Crippen LogP contribution in [0.2, 0.25) is 5.02 Å². The Morgan fingerprint density at radius 2 is 2.00 bits per heavy atom. The Hall–Kier alpha value is -0.940. The molecule has 0 spiro atoms. The summed E-state index contributed by atoms with van der Waals surface area (Å²) in [6, 6.07) is 4.96. The molecule has 0 aliphatic heterocycles. The zero-order valence-corrected chi connectivity index (χ0v) is 10.9. The van der Waals surface area contributed by atoms with Gasteiger partial charge in [0.05, 0.1) is 10.7 Å². The summed E-state index contributed by atoms with van der Waals surface area (Å²) < 4.78 is 37.7. The summed E-state index contributed by atoms with van der Waals surface area (Å²) in [5.41, 5.74) is 6.57. The minimum atomic E-state index is -4.26. The van der Waals surface area contributed by atoms with Crippen molar-refractivity contribution in [1.82, 2.24) is 0 Å². The number of nitrogens with zero attached hydrogens (tertiary/aromatic N) is 1. The summed E-state index contributed by atoms with van der Waals surface area (Å²) >= 11 is 6.00. The first kappa shape index (κ1) is 15.1. The molecule has 0 radical (unpaired) electrons. The molecule has 0 aliphatic carbocycles. The maximum atomic E-state index is 12.6. The number of rotatable bonds is 5. The predicted octanol–water partition coefficient (Wildman–Crippen LogP) is 3.58. The smallest absolute Gasteiger partial charge is 0.361 e. The molecular weight excluding hydrogens is 265 g/mol. The Bertz CT molecular complexity index is 393. The summed E-state index contributed by atoms with van der Waals surface area (Å²) in [5, 5.41) is 0.302. The molecule has 0 amide bonds. The van der Waals surface area contributed by atoms with Crippen molar-refractivity contribution in [3.8, 4) is 0 Å². The lowest BCUT2D eigenvalue weighted by Crippen LogP contribution is -2.35. The van der Waals surface area contributed by atoms with E-state index < -0.39 is 12.7 Å². The molecule has 2 N–H and O–H groups in total. The summed E-state index contributed by atoms with van der Waals surface area (Å²) in [5.74, 6) is 0. The lowest BCUT2D eigenvalue weighted by Gasteiger charge is -2.28. The molecular formula is C12H16ClF3N2. The molecule has 0 atom stereocenters. The Morgan fingerprint density at radius 3 is 2.50 bits per heavy atom. The second-order valence-electron chi connectivity index (χ2n) is 3.99. The van der Waals surface area contributed by atoms with Crippen LogP contribution in [0.4, 0.5) is 18.9 Å². The van der Waals surface area contributed by atoms with Gasteiger partial charge in [-0.2, -0.15) is 13.2 Å². The fourth-order valence-electron chi connectivity index (χ4n) is 1.84. The highest BCUT2D eigenvalue weighted by atomic mass is 35.5. The van der Waals surface area contributed by atoms with Gasteiger partial charge in [0.15, 0.2) is 0 Å². The Labute approximate surface area is 110 Å². The number of alkyl halides is 3.